The maximum atomic E-state index is 11.7. The first-order valence-corrected chi connectivity index (χ1v) is 5.68. The van der Waals surface area contributed by atoms with Gasteiger partial charge in [-0.1, -0.05) is 12.1 Å². The van der Waals surface area contributed by atoms with Crippen molar-refractivity contribution in [2.75, 3.05) is 7.11 Å². The van der Waals surface area contributed by atoms with Crippen LogP contribution in [0.3, 0.4) is 0 Å². The smallest absolute Gasteiger partial charge is 0.259 e. The van der Waals surface area contributed by atoms with Crippen molar-refractivity contribution >= 4 is 12.2 Å². The van der Waals surface area contributed by atoms with E-state index in [0.29, 0.717) is 6.42 Å². The van der Waals surface area contributed by atoms with E-state index in [1.165, 1.54) is 0 Å². The van der Waals surface area contributed by atoms with Gasteiger partial charge in [0.1, 0.15) is 5.75 Å². The van der Waals surface area contributed by atoms with E-state index in [9.17, 15) is 9.90 Å². The highest BCUT2D eigenvalue weighted by Gasteiger charge is 2.08. The Balaban J connectivity index is 2.34. The van der Waals surface area contributed by atoms with Crippen LogP contribution in [-0.4, -0.2) is 22.2 Å². The van der Waals surface area contributed by atoms with Gasteiger partial charge in [-0.2, -0.15) is 0 Å². The van der Waals surface area contributed by atoms with E-state index in [0.717, 1.165) is 11.3 Å². The molecular weight excluding hydrogens is 252 g/mol. The number of aromatic amines is 2. The van der Waals surface area contributed by atoms with Crippen LogP contribution in [0.15, 0.2) is 29.1 Å². The number of methoxy groups -OCH3 is 1. The van der Waals surface area contributed by atoms with E-state index in [-0.39, 0.29) is 21.8 Å². The van der Waals surface area contributed by atoms with Crippen molar-refractivity contribution in [3.63, 3.8) is 0 Å². The lowest BCUT2D eigenvalue weighted by Crippen LogP contribution is -2.14. The van der Waals surface area contributed by atoms with Crippen LogP contribution in [0.2, 0.25) is 0 Å². The molecule has 0 bridgehead atoms. The molecule has 0 saturated carbocycles. The van der Waals surface area contributed by atoms with Crippen LogP contribution >= 0.6 is 12.2 Å². The second kappa shape index (κ2) is 5.05. The average molecular weight is 264 g/mol. The molecule has 0 atom stereocenters. The molecule has 0 aliphatic heterocycles. The lowest BCUT2D eigenvalue weighted by atomic mass is 10.1. The Hall–Kier alpha value is -2.08. The molecule has 0 unspecified atom stereocenters. The summed E-state index contributed by atoms with van der Waals surface area (Å²) in [4.78, 5) is 16.6. The second-order valence-corrected chi connectivity index (χ2v) is 4.17. The van der Waals surface area contributed by atoms with Gasteiger partial charge in [-0.05, 0) is 29.9 Å². The first kappa shape index (κ1) is 12.4. The Morgan fingerprint density at radius 3 is 2.50 bits per heavy atom. The molecule has 0 fully saturated rings. The number of hydrogen-bond acceptors (Lipinski definition) is 4. The Labute approximate surface area is 108 Å². The van der Waals surface area contributed by atoms with Gasteiger partial charge in [0.15, 0.2) is 10.7 Å². The third kappa shape index (κ3) is 2.60. The summed E-state index contributed by atoms with van der Waals surface area (Å²) in [5.74, 6) is 0.545. The van der Waals surface area contributed by atoms with Crippen molar-refractivity contribution in [2.24, 2.45) is 0 Å². The van der Waals surface area contributed by atoms with E-state index in [1.54, 1.807) is 19.2 Å². The van der Waals surface area contributed by atoms with Gasteiger partial charge in [-0.15, -0.1) is 0 Å². The minimum Gasteiger partial charge on any atom is -0.497 e. The molecule has 0 aliphatic rings. The maximum Gasteiger partial charge on any atom is 0.259 e. The van der Waals surface area contributed by atoms with Crippen LogP contribution in [0.5, 0.6) is 11.6 Å². The summed E-state index contributed by atoms with van der Waals surface area (Å²) in [5.41, 5.74) is 0.767. The Morgan fingerprint density at radius 2 is 1.94 bits per heavy atom. The third-order valence-corrected chi connectivity index (χ3v) is 2.76. The highest BCUT2D eigenvalue weighted by atomic mass is 32.1. The number of hydrogen-bond donors (Lipinski definition) is 3. The predicted octanol–water partition coefficient (Wildman–Crippen LogP) is 1.74. The van der Waals surface area contributed by atoms with E-state index < -0.39 is 0 Å². The SMILES string of the molecule is COc1ccc(Cc2c(O)[nH]c(=S)[nH]c2=O)cc1. The molecule has 2 rings (SSSR count). The number of ether oxygens (including phenoxy) is 1. The summed E-state index contributed by atoms with van der Waals surface area (Å²) in [6.45, 7) is 0. The van der Waals surface area contributed by atoms with Crippen LogP contribution in [0.4, 0.5) is 0 Å². The first-order valence-electron chi connectivity index (χ1n) is 5.27. The molecule has 0 amide bonds. The summed E-state index contributed by atoms with van der Waals surface area (Å²) in [6.07, 6.45) is 0.317. The first-order chi connectivity index (χ1) is 8.60. The molecule has 3 N–H and O–H groups in total. The molecule has 1 aromatic heterocycles. The largest absolute Gasteiger partial charge is 0.497 e. The molecule has 0 spiro atoms. The predicted molar refractivity (Wildman–Crippen MR) is 69.7 cm³/mol. The Kier molecular flexibility index (Phi) is 3.47. The molecule has 1 aromatic carbocycles. The fourth-order valence-electron chi connectivity index (χ4n) is 1.61. The minimum absolute atomic E-state index is 0.107. The van der Waals surface area contributed by atoms with Gasteiger partial charge < -0.3 is 14.8 Å². The zero-order valence-corrected chi connectivity index (χ0v) is 10.5. The lowest BCUT2D eigenvalue weighted by Gasteiger charge is -2.05. The number of aromatic hydroxyl groups is 1. The van der Waals surface area contributed by atoms with E-state index >= 15 is 0 Å². The summed E-state index contributed by atoms with van der Waals surface area (Å²) in [5, 5.41) is 9.67. The molecule has 0 aliphatic carbocycles. The number of benzene rings is 1. The Morgan fingerprint density at radius 1 is 1.28 bits per heavy atom. The van der Waals surface area contributed by atoms with E-state index in [4.69, 9.17) is 17.0 Å². The molecule has 0 saturated heterocycles. The molecule has 0 radical (unpaired) electrons. The molecule has 6 heteroatoms. The van der Waals surface area contributed by atoms with E-state index in [1.807, 2.05) is 12.1 Å². The third-order valence-electron chi connectivity index (χ3n) is 2.56. The van der Waals surface area contributed by atoms with Crippen LogP contribution in [0.1, 0.15) is 11.1 Å². The highest BCUT2D eigenvalue weighted by Crippen LogP contribution is 2.16. The van der Waals surface area contributed by atoms with E-state index in [2.05, 4.69) is 9.97 Å². The topological polar surface area (TPSA) is 78.1 Å². The lowest BCUT2D eigenvalue weighted by molar-refractivity contribution is 0.414. The van der Waals surface area contributed by atoms with Crippen molar-refractivity contribution in [3.05, 3.63) is 50.5 Å². The maximum absolute atomic E-state index is 11.7. The van der Waals surface area contributed by atoms with Crippen LogP contribution in [0, 0.1) is 4.77 Å². The number of aromatic nitrogens is 2. The molecule has 5 nitrogen and oxygen atoms in total. The zero-order chi connectivity index (χ0) is 13.1. The van der Waals surface area contributed by atoms with Gasteiger partial charge >= 0.3 is 0 Å². The Bertz CT molecular complexity index is 658. The minimum atomic E-state index is -0.382. The van der Waals surface area contributed by atoms with Crippen LogP contribution < -0.4 is 10.3 Å². The highest BCUT2D eigenvalue weighted by molar-refractivity contribution is 7.71. The number of rotatable bonds is 3. The van der Waals surface area contributed by atoms with Crippen molar-refractivity contribution in [1.82, 2.24) is 9.97 Å². The summed E-state index contributed by atoms with van der Waals surface area (Å²) >= 11 is 4.76. The fraction of sp³-hybridized carbons (Fsp3) is 0.167. The van der Waals surface area contributed by atoms with Gasteiger partial charge in [-0.3, -0.25) is 9.78 Å². The summed E-state index contributed by atoms with van der Waals surface area (Å²) in [7, 11) is 1.59. The van der Waals surface area contributed by atoms with Crippen molar-refractivity contribution < 1.29 is 9.84 Å². The van der Waals surface area contributed by atoms with Crippen molar-refractivity contribution in [3.8, 4) is 11.6 Å². The molecule has 94 valence electrons. The fourth-order valence-corrected chi connectivity index (χ4v) is 1.80. The zero-order valence-electron chi connectivity index (χ0n) is 9.69. The van der Waals surface area contributed by atoms with Crippen LogP contribution in [-0.2, 0) is 6.42 Å². The summed E-state index contributed by atoms with van der Waals surface area (Å²) < 4.78 is 5.15. The normalized spacial score (nSPS) is 10.3. The quantitative estimate of drug-likeness (QED) is 0.738. The molecule has 2 aromatic rings. The van der Waals surface area contributed by atoms with Gasteiger partial charge in [0, 0.05) is 6.42 Å². The average Bonchev–Trinajstić information content (AvgIpc) is 2.34. The van der Waals surface area contributed by atoms with Gasteiger partial charge in [0.25, 0.3) is 5.56 Å². The monoisotopic (exact) mass is 264 g/mol. The van der Waals surface area contributed by atoms with Gasteiger partial charge in [0.2, 0.25) is 0 Å². The van der Waals surface area contributed by atoms with Gasteiger partial charge in [0.05, 0.1) is 12.7 Å². The van der Waals surface area contributed by atoms with Crippen molar-refractivity contribution in [2.45, 2.75) is 6.42 Å². The second-order valence-electron chi connectivity index (χ2n) is 3.76. The number of nitrogens with one attached hydrogen (secondary N) is 2. The van der Waals surface area contributed by atoms with Gasteiger partial charge in [-0.25, -0.2) is 0 Å². The summed E-state index contributed by atoms with van der Waals surface area (Å²) in [6, 6.07) is 7.26. The van der Waals surface area contributed by atoms with Crippen molar-refractivity contribution in [1.29, 1.82) is 0 Å². The van der Waals surface area contributed by atoms with Crippen LogP contribution in [0.25, 0.3) is 0 Å². The number of H-pyrrole nitrogens is 2. The molecule has 18 heavy (non-hydrogen) atoms. The standard InChI is InChI=1S/C12H12N2O3S/c1-17-8-4-2-7(3-5-8)6-9-10(15)13-12(18)14-11(9)16/h2-5H,6H2,1H3,(H3,13,14,15,16,18). The molecule has 1 heterocycles. The molecular formula is C12H12N2O3S.